The predicted molar refractivity (Wildman–Crippen MR) is 90.1 cm³/mol. The summed E-state index contributed by atoms with van der Waals surface area (Å²) in [5.74, 6) is 0. The molecule has 1 aliphatic heterocycles. The van der Waals surface area contributed by atoms with Crippen molar-refractivity contribution >= 4 is 11.7 Å². The molecule has 1 aromatic carbocycles. The molecule has 4 heteroatoms. The number of aliphatic hydroxyl groups is 1. The summed E-state index contributed by atoms with van der Waals surface area (Å²) in [6.45, 7) is 5.48. The smallest absolute Gasteiger partial charge is 0.321 e. The Morgan fingerprint density at radius 1 is 1.32 bits per heavy atom. The van der Waals surface area contributed by atoms with Crippen molar-refractivity contribution in [3.05, 3.63) is 29.8 Å². The van der Waals surface area contributed by atoms with Gasteiger partial charge in [-0.2, -0.15) is 0 Å². The lowest BCUT2D eigenvalue weighted by Gasteiger charge is -2.38. The van der Waals surface area contributed by atoms with Crippen LogP contribution in [-0.4, -0.2) is 34.7 Å². The molecule has 4 nitrogen and oxygen atoms in total. The molecule has 1 heterocycles. The van der Waals surface area contributed by atoms with Gasteiger partial charge in [-0.25, -0.2) is 4.79 Å². The fourth-order valence-corrected chi connectivity index (χ4v) is 2.95. The first-order valence-electron chi connectivity index (χ1n) is 8.43. The third kappa shape index (κ3) is 4.47. The minimum absolute atomic E-state index is 0.0641. The molecule has 0 spiro atoms. The van der Waals surface area contributed by atoms with Crippen molar-refractivity contribution in [3.63, 3.8) is 0 Å². The number of nitrogens with zero attached hydrogens (tertiary/aromatic N) is 1. The Hall–Kier alpha value is -1.55. The molecular formula is C18H28N2O2. The highest BCUT2D eigenvalue weighted by atomic mass is 16.3. The number of hydrogen-bond acceptors (Lipinski definition) is 2. The first-order valence-corrected chi connectivity index (χ1v) is 8.43. The second kappa shape index (κ2) is 7.63. The third-order valence-corrected chi connectivity index (χ3v) is 4.56. The highest BCUT2D eigenvalue weighted by molar-refractivity contribution is 5.89. The van der Waals surface area contributed by atoms with Crippen molar-refractivity contribution < 1.29 is 9.90 Å². The highest BCUT2D eigenvalue weighted by Crippen LogP contribution is 2.27. The summed E-state index contributed by atoms with van der Waals surface area (Å²) in [5, 5.41) is 13.5. The fourth-order valence-electron chi connectivity index (χ4n) is 2.95. The van der Waals surface area contributed by atoms with E-state index in [0.717, 1.165) is 31.4 Å². The Bertz CT molecular complexity index is 494. The second-order valence-corrected chi connectivity index (χ2v) is 6.30. The molecule has 22 heavy (non-hydrogen) atoms. The molecule has 1 fully saturated rings. The van der Waals surface area contributed by atoms with Crippen LogP contribution < -0.4 is 5.32 Å². The molecule has 1 aromatic rings. The lowest BCUT2D eigenvalue weighted by molar-refractivity contribution is -0.0194. The van der Waals surface area contributed by atoms with Gasteiger partial charge >= 0.3 is 6.03 Å². The topological polar surface area (TPSA) is 52.6 Å². The van der Waals surface area contributed by atoms with Crippen LogP contribution >= 0.6 is 0 Å². The Labute approximate surface area is 133 Å². The van der Waals surface area contributed by atoms with Crippen LogP contribution in [0.5, 0.6) is 0 Å². The molecule has 0 aromatic heterocycles. The summed E-state index contributed by atoms with van der Waals surface area (Å²) in [6.07, 6.45) is 5.30. The van der Waals surface area contributed by atoms with E-state index in [-0.39, 0.29) is 6.03 Å². The van der Waals surface area contributed by atoms with Gasteiger partial charge < -0.3 is 15.3 Å². The summed E-state index contributed by atoms with van der Waals surface area (Å²) < 4.78 is 0. The maximum Gasteiger partial charge on any atom is 0.321 e. The Morgan fingerprint density at radius 2 is 2.05 bits per heavy atom. The minimum atomic E-state index is -0.574. The van der Waals surface area contributed by atoms with Crippen LogP contribution in [0.15, 0.2) is 24.3 Å². The van der Waals surface area contributed by atoms with E-state index in [2.05, 4.69) is 25.2 Å². The van der Waals surface area contributed by atoms with Gasteiger partial charge in [0.2, 0.25) is 0 Å². The van der Waals surface area contributed by atoms with Gasteiger partial charge in [-0.3, -0.25) is 0 Å². The molecule has 2 rings (SSSR count). The van der Waals surface area contributed by atoms with E-state index in [0.29, 0.717) is 25.9 Å². The van der Waals surface area contributed by atoms with E-state index >= 15 is 0 Å². The number of nitrogens with one attached hydrogen (secondary N) is 1. The maximum absolute atomic E-state index is 12.3. The van der Waals surface area contributed by atoms with Crippen LogP contribution in [0, 0.1) is 0 Å². The molecule has 2 amide bonds. The van der Waals surface area contributed by atoms with Crippen molar-refractivity contribution in [1.82, 2.24) is 4.90 Å². The van der Waals surface area contributed by atoms with Crippen molar-refractivity contribution in [2.24, 2.45) is 0 Å². The summed E-state index contributed by atoms with van der Waals surface area (Å²) in [4.78, 5) is 14.1. The highest BCUT2D eigenvalue weighted by Gasteiger charge is 2.33. The number of hydrogen-bond donors (Lipinski definition) is 2. The monoisotopic (exact) mass is 304 g/mol. The second-order valence-electron chi connectivity index (χ2n) is 6.30. The lowest BCUT2D eigenvalue weighted by Crippen LogP contribution is -2.48. The lowest BCUT2D eigenvalue weighted by atomic mass is 9.87. The van der Waals surface area contributed by atoms with Crippen molar-refractivity contribution in [1.29, 1.82) is 0 Å². The number of aryl methyl sites for hydroxylation is 1. The molecule has 0 aliphatic carbocycles. The van der Waals surface area contributed by atoms with Crippen LogP contribution in [-0.2, 0) is 6.42 Å². The van der Waals surface area contributed by atoms with Gasteiger partial charge in [-0.1, -0.05) is 38.8 Å². The molecular weight excluding hydrogens is 276 g/mol. The first kappa shape index (κ1) is 16.8. The van der Waals surface area contributed by atoms with Crippen LogP contribution in [0.25, 0.3) is 0 Å². The number of amides is 2. The Balaban J connectivity index is 1.87. The normalized spacial score (nSPS) is 17.3. The zero-order valence-electron chi connectivity index (χ0n) is 13.8. The van der Waals surface area contributed by atoms with E-state index in [1.165, 1.54) is 5.56 Å². The quantitative estimate of drug-likeness (QED) is 0.869. The predicted octanol–water partition coefficient (Wildman–Crippen LogP) is 3.80. The molecule has 1 saturated heterocycles. The zero-order chi connectivity index (χ0) is 16.0. The molecule has 0 saturated carbocycles. The number of carbonyl (C=O) groups is 1. The zero-order valence-corrected chi connectivity index (χ0v) is 13.8. The van der Waals surface area contributed by atoms with Crippen LogP contribution in [0.2, 0.25) is 0 Å². The summed E-state index contributed by atoms with van der Waals surface area (Å²) >= 11 is 0. The average Bonchev–Trinajstić information content (AvgIpc) is 2.54. The number of piperidine rings is 1. The number of benzene rings is 1. The van der Waals surface area contributed by atoms with Crippen molar-refractivity contribution in [2.75, 3.05) is 18.4 Å². The first-order chi connectivity index (χ1) is 10.6. The standard InChI is InChI=1S/C18H28N2O2/c1-3-5-9-18(22)10-12-20(13-11-18)17(21)19-16-8-6-7-15(4-2)14-16/h6-8,14,22H,3-5,9-13H2,1-2H3,(H,19,21). The van der Waals surface area contributed by atoms with Gasteiger partial charge in [0.15, 0.2) is 0 Å². The van der Waals surface area contributed by atoms with Crippen LogP contribution in [0.3, 0.4) is 0 Å². The van der Waals surface area contributed by atoms with E-state index in [9.17, 15) is 9.90 Å². The number of carbonyl (C=O) groups excluding carboxylic acids is 1. The Kier molecular flexibility index (Phi) is 5.83. The number of unbranched alkanes of at least 4 members (excludes halogenated alkanes) is 1. The Morgan fingerprint density at radius 3 is 2.68 bits per heavy atom. The maximum atomic E-state index is 12.3. The van der Waals surface area contributed by atoms with Crippen molar-refractivity contribution in [3.8, 4) is 0 Å². The molecule has 2 N–H and O–H groups in total. The third-order valence-electron chi connectivity index (χ3n) is 4.56. The molecule has 122 valence electrons. The molecule has 0 unspecified atom stereocenters. The van der Waals surface area contributed by atoms with Gasteiger partial charge in [0.25, 0.3) is 0 Å². The van der Waals surface area contributed by atoms with Gasteiger partial charge in [0.1, 0.15) is 0 Å². The molecule has 0 radical (unpaired) electrons. The number of likely N-dealkylation sites (tertiary alicyclic amines) is 1. The van der Waals surface area contributed by atoms with Crippen molar-refractivity contribution in [2.45, 2.75) is 58.0 Å². The largest absolute Gasteiger partial charge is 0.390 e. The summed E-state index contributed by atoms with van der Waals surface area (Å²) in [6, 6.07) is 7.89. The van der Waals surface area contributed by atoms with Gasteiger partial charge in [-0.15, -0.1) is 0 Å². The van der Waals surface area contributed by atoms with E-state index in [1.54, 1.807) is 4.90 Å². The van der Waals surface area contributed by atoms with E-state index in [1.807, 2.05) is 18.2 Å². The number of urea groups is 1. The number of rotatable bonds is 5. The van der Waals surface area contributed by atoms with E-state index < -0.39 is 5.60 Å². The SMILES string of the molecule is CCCCC1(O)CCN(C(=O)Nc2cccc(CC)c2)CC1. The fraction of sp³-hybridized carbons (Fsp3) is 0.611. The average molecular weight is 304 g/mol. The van der Waals surface area contributed by atoms with Crippen LogP contribution in [0.1, 0.15) is 51.5 Å². The minimum Gasteiger partial charge on any atom is -0.390 e. The summed E-state index contributed by atoms with van der Waals surface area (Å²) in [5.41, 5.74) is 1.48. The van der Waals surface area contributed by atoms with Gasteiger partial charge in [0, 0.05) is 18.8 Å². The number of anilines is 1. The summed E-state index contributed by atoms with van der Waals surface area (Å²) in [7, 11) is 0. The molecule has 0 bridgehead atoms. The molecule has 0 atom stereocenters. The molecule has 1 aliphatic rings. The van der Waals surface area contributed by atoms with E-state index in [4.69, 9.17) is 0 Å². The van der Waals surface area contributed by atoms with Gasteiger partial charge in [-0.05, 0) is 43.4 Å². The van der Waals surface area contributed by atoms with Crippen LogP contribution in [0.4, 0.5) is 10.5 Å². The van der Waals surface area contributed by atoms with Gasteiger partial charge in [0.05, 0.1) is 5.60 Å².